The van der Waals surface area contributed by atoms with Gasteiger partial charge in [-0.3, -0.25) is 4.79 Å². The predicted octanol–water partition coefficient (Wildman–Crippen LogP) is 2.36. The Morgan fingerprint density at radius 2 is 2.16 bits per heavy atom. The molecular weight excluding hydrogens is 331 g/mol. The molecule has 2 rings (SSSR count). The van der Waals surface area contributed by atoms with Gasteiger partial charge in [-0.2, -0.15) is 4.98 Å². The van der Waals surface area contributed by atoms with Crippen LogP contribution in [0.1, 0.15) is 30.8 Å². The first-order valence-corrected chi connectivity index (χ1v) is 7.61. The van der Waals surface area contributed by atoms with E-state index in [1.165, 1.54) is 18.0 Å². The summed E-state index contributed by atoms with van der Waals surface area (Å²) in [5, 5.41) is 15.1. The lowest BCUT2D eigenvalue weighted by molar-refractivity contribution is -0.137. The number of carbonyl (C=O) groups is 2. The zero-order chi connectivity index (χ0) is 18.6. The van der Waals surface area contributed by atoms with Crippen LogP contribution in [0.3, 0.4) is 0 Å². The number of benzene rings is 1. The van der Waals surface area contributed by atoms with Crippen molar-refractivity contribution in [1.29, 1.82) is 0 Å². The van der Waals surface area contributed by atoms with Gasteiger partial charge >= 0.3 is 12.0 Å². The molecule has 1 unspecified atom stereocenters. The molecule has 0 aliphatic carbocycles. The molecule has 2 aromatic rings. The van der Waals surface area contributed by atoms with Crippen LogP contribution in [0.15, 0.2) is 22.7 Å². The first-order chi connectivity index (χ1) is 11.8. The molecule has 9 heteroatoms. The summed E-state index contributed by atoms with van der Waals surface area (Å²) in [5.41, 5.74) is 0.979. The standard InChI is InChI=1S/C16H19FN4O4/c1-9-4-5-11(8-12(9)17)14-19-15(25-20-14)10(2)18-16(24)21(3)7-6-13(22)23/h4-5,8,10H,6-7H2,1-3H3,(H,18,24)(H,22,23). The van der Waals surface area contributed by atoms with Crippen molar-refractivity contribution in [3.05, 3.63) is 35.5 Å². The van der Waals surface area contributed by atoms with Crippen molar-refractivity contribution in [3.63, 3.8) is 0 Å². The van der Waals surface area contributed by atoms with Gasteiger partial charge in [-0.1, -0.05) is 17.3 Å². The quantitative estimate of drug-likeness (QED) is 0.828. The van der Waals surface area contributed by atoms with E-state index in [-0.39, 0.29) is 30.5 Å². The Bertz CT molecular complexity index is 777. The van der Waals surface area contributed by atoms with E-state index in [1.54, 1.807) is 26.0 Å². The molecule has 0 saturated carbocycles. The number of halogens is 1. The Morgan fingerprint density at radius 3 is 2.80 bits per heavy atom. The highest BCUT2D eigenvalue weighted by Crippen LogP contribution is 2.21. The summed E-state index contributed by atoms with van der Waals surface area (Å²) < 4.78 is 18.7. The Hall–Kier alpha value is -2.97. The summed E-state index contributed by atoms with van der Waals surface area (Å²) in [6.07, 6.45) is -0.151. The second-order valence-corrected chi connectivity index (χ2v) is 5.66. The molecule has 8 nitrogen and oxygen atoms in total. The molecule has 134 valence electrons. The Kier molecular flexibility index (Phi) is 5.68. The zero-order valence-electron chi connectivity index (χ0n) is 14.1. The third-order valence-electron chi connectivity index (χ3n) is 3.59. The molecule has 0 radical (unpaired) electrons. The monoisotopic (exact) mass is 350 g/mol. The molecule has 25 heavy (non-hydrogen) atoms. The van der Waals surface area contributed by atoms with Crippen LogP contribution in [0.2, 0.25) is 0 Å². The SMILES string of the molecule is Cc1ccc(-c2noc(C(C)NC(=O)N(C)CCC(=O)O)n2)cc1F. The molecule has 0 spiro atoms. The Morgan fingerprint density at radius 1 is 1.44 bits per heavy atom. The van der Waals surface area contributed by atoms with Gasteiger partial charge < -0.3 is 19.8 Å². The molecule has 0 aliphatic rings. The predicted molar refractivity (Wildman–Crippen MR) is 86.3 cm³/mol. The fraction of sp³-hybridized carbons (Fsp3) is 0.375. The lowest BCUT2D eigenvalue weighted by atomic mass is 10.1. The highest BCUT2D eigenvalue weighted by atomic mass is 19.1. The van der Waals surface area contributed by atoms with Gasteiger partial charge in [-0.25, -0.2) is 9.18 Å². The molecule has 1 aromatic carbocycles. The number of aliphatic carboxylic acids is 1. The maximum atomic E-state index is 13.6. The summed E-state index contributed by atoms with van der Waals surface area (Å²) >= 11 is 0. The lowest BCUT2D eigenvalue weighted by Crippen LogP contribution is -2.39. The van der Waals surface area contributed by atoms with E-state index in [0.29, 0.717) is 11.1 Å². The second-order valence-electron chi connectivity index (χ2n) is 5.66. The molecule has 0 bridgehead atoms. The number of carboxylic acid groups (broad SMARTS) is 1. The normalized spacial score (nSPS) is 11.8. The van der Waals surface area contributed by atoms with E-state index in [0.717, 1.165) is 0 Å². The smallest absolute Gasteiger partial charge is 0.317 e. The molecular formula is C16H19FN4O4. The van der Waals surface area contributed by atoms with Gasteiger partial charge in [0.2, 0.25) is 11.7 Å². The van der Waals surface area contributed by atoms with Gasteiger partial charge in [0.05, 0.1) is 6.42 Å². The number of nitrogens with zero attached hydrogens (tertiary/aromatic N) is 3. The molecule has 0 fully saturated rings. The first kappa shape index (κ1) is 18.4. The van der Waals surface area contributed by atoms with Crippen LogP contribution in [0.4, 0.5) is 9.18 Å². The summed E-state index contributed by atoms with van der Waals surface area (Å²) in [7, 11) is 1.49. The van der Waals surface area contributed by atoms with Crippen LogP contribution >= 0.6 is 0 Å². The number of carboxylic acids is 1. The van der Waals surface area contributed by atoms with Crippen molar-refractivity contribution >= 4 is 12.0 Å². The molecule has 0 aliphatic heterocycles. The number of rotatable bonds is 6. The van der Waals surface area contributed by atoms with E-state index < -0.39 is 18.0 Å². The van der Waals surface area contributed by atoms with Crippen molar-refractivity contribution < 1.29 is 23.6 Å². The molecule has 2 N–H and O–H groups in total. The van der Waals surface area contributed by atoms with Crippen molar-refractivity contribution in [2.24, 2.45) is 0 Å². The largest absolute Gasteiger partial charge is 0.481 e. The summed E-state index contributed by atoms with van der Waals surface area (Å²) in [6, 6.07) is 3.55. The second kappa shape index (κ2) is 7.73. The molecule has 0 saturated heterocycles. The van der Waals surface area contributed by atoms with Crippen LogP contribution in [0, 0.1) is 12.7 Å². The lowest BCUT2D eigenvalue weighted by Gasteiger charge is -2.18. The number of nitrogens with one attached hydrogen (secondary N) is 1. The van der Waals surface area contributed by atoms with E-state index in [1.807, 2.05) is 0 Å². The van der Waals surface area contributed by atoms with Crippen LogP contribution in [0.5, 0.6) is 0 Å². The maximum absolute atomic E-state index is 13.6. The molecule has 1 heterocycles. The van der Waals surface area contributed by atoms with Gasteiger partial charge in [-0.05, 0) is 25.5 Å². The van der Waals surface area contributed by atoms with Gasteiger partial charge in [0.25, 0.3) is 0 Å². The van der Waals surface area contributed by atoms with Crippen molar-refractivity contribution in [1.82, 2.24) is 20.4 Å². The minimum Gasteiger partial charge on any atom is -0.481 e. The zero-order valence-corrected chi connectivity index (χ0v) is 14.1. The summed E-state index contributed by atoms with van der Waals surface area (Å²) in [4.78, 5) is 27.9. The van der Waals surface area contributed by atoms with E-state index in [4.69, 9.17) is 9.63 Å². The third-order valence-corrected chi connectivity index (χ3v) is 3.59. The van der Waals surface area contributed by atoms with Crippen molar-refractivity contribution in [2.75, 3.05) is 13.6 Å². The number of amides is 2. The van der Waals surface area contributed by atoms with E-state index in [2.05, 4.69) is 15.5 Å². The number of hydrogen-bond donors (Lipinski definition) is 2. The highest BCUT2D eigenvalue weighted by Gasteiger charge is 2.19. The molecule has 2 amide bonds. The van der Waals surface area contributed by atoms with Gasteiger partial charge in [0.15, 0.2) is 0 Å². The summed E-state index contributed by atoms with van der Waals surface area (Å²) in [6.45, 7) is 3.38. The van der Waals surface area contributed by atoms with Gasteiger partial charge in [-0.15, -0.1) is 0 Å². The average molecular weight is 350 g/mol. The van der Waals surface area contributed by atoms with E-state index in [9.17, 15) is 14.0 Å². The minimum absolute atomic E-state index is 0.0750. The number of hydrogen-bond acceptors (Lipinski definition) is 5. The average Bonchev–Trinajstić information content (AvgIpc) is 3.05. The Balaban J connectivity index is 2.02. The number of carbonyl (C=O) groups excluding carboxylic acids is 1. The molecule has 1 aromatic heterocycles. The number of aromatic nitrogens is 2. The minimum atomic E-state index is -0.987. The molecule has 1 atom stereocenters. The number of aryl methyl sites for hydroxylation is 1. The van der Waals surface area contributed by atoms with Crippen molar-refractivity contribution in [3.8, 4) is 11.4 Å². The first-order valence-electron chi connectivity index (χ1n) is 7.61. The highest BCUT2D eigenvalue weighted by molar-refractivity contribution is 5.75. The van der Waals surface area contributed by atoms with Crippen LogP contribution in [-0.2, 0) is 4.79 Å². The van der Waals surface area contributed by atoms with Gasteiger partial charge in [0, 0.05) is 19.2 Å². The Labute approximate surface area is 143 Å². The fourth-order valence-electron chi connectivity index (χ4n) is 1.98. The van der Waals surface area contributed by atoms with Crippen LogP contribution in [-0.4, -0.2) is 45.7 Å². The van der Waals surface area contributed by atoms with Gasteiger partial charge in [0.1, 0.15) is 11.9 Å². The third kappa shape index (κ3) is 4.75. The fourth-order valence-corrected chi connectivity index (χ4v) is 1.98. The maximum Gasteiger partial charge on any atom is 0.317 e. The number of urea groups is 1. The summed E-state index contributed by atoms with van der Waals surface area (Å²) in [5.74, 6) is -0.977. The van der Waals surface area contributed by atoms with Crippen molar-refractivity contribution in [2.45, 2.75) is 26.3 Å². The van der Waals surface area contributed by atoms with E-state index >= 15 is 0 Å². The topological polar surface area (TPSA) is 109 Å². The van der Waals surface area contributed by atoms with Crippen LogP contribution in [0.25, 0.3) is 11.4 Å². The van der Waals surface area contributed by atoms with Crippen LogP contribution < -0.4 is 5.32 Å².